The Kier molecular flexibility index (Phi) is 4.88. The highest BCUT2D eigenvalue weighted by Crippen LogP contribution is 2.37. The number of ether oxygens (including phenoxy) is 1. The van der Waals surface area contributed by atoms with E-state index >= 15 is 0 Å². The lowest BCUT2D eigenvalue weighted by molar-refractivity contribution is 0.0559. The first kappa shape index (κ1) is 15.8. The molecular weight excluding hydrogens is 286 g/mol. The topological polar surface area (TPSA) is 41.5 Å². The van der Waals surface area contributed by atoms with Crippen LogP contribution in [0.3, 0.4) is 0 Å². The molecule has 0 aliphatic carbocycles. The number of hydrogen-bond acceptors (Lipinski definition) is 3. The van der Waals surface area contributed by atoms with Gasteiger partial charge >= 0.3 is 0 Å². The molecular formula is C17H20ClNO2. The Balaban J connectivity index is 0.00000161. The SMILES string of the molecule is COc1ccc(C2CC(O)(c3ccccc3)CN2)cc1.Cl. The molecule has 21 heavy (non-hydrogen) atoms. The highest BCUT2D eigenvalue weighted by atomic mass is 35.5. The first-order valence-electron chi connectivity index (χ1n) is 6.86. The first-order chi connectivity index (χ1) is 9.71. The normalized spacial score (nSPS) is 24.4. The molecule has 1 aliphatic heterocycles. The number of hydrogen-bond donors (Lipinski definition) is 2. The van der Waals surface area contributed by atoms with Crippen molar-refractivity contribution in [3.63, 3.8) is 0 Å². The van der Waals surface area contributed by atoms with Crippen LogP contribution in [-0.4, -0.2) is 18.8 Å². The van der Waals surface area contributed by atoms with Gasteiger partial charge in [-0.2, -0.15) is 0 Å². The average molecular weight is 306 g/mol. The summed E-state index contributed by atoms with van der Waals surface area (Å²) in [6.07, 6.45) is 0.684. The van der Waals surface area contributed by atoms with Crippen molar-refractivity contribution in [3.8, 4) is 5.75 Å². The fraction of sp³-hybridized carbons (Fsp3) is 0.294. The van der Waals surface area contributed by atoms with Gasteiger partial charge in [-0.3, -0.25) is 0 Å². The van der Waals surface area contributed by atoms with Crippen LogP contribution in [0.4, 0.5) is 0 Å². The van der Waals surface area contributed by atoms with Crippen molar-refractivity contribution >= 4 is 12.4 Å². The van der Waals surface area contributed by atoms with E-state index in [9.17, 15) is 5.11 Å². The fourth-order valence-electron chi connectivity index (χ4n) is 2.81. The van der Waals surface area contributed by atoms with Gasteiger partial charge in [-0.15, -0.1) is 12.4 Å². The maximum absolute atomic E-state index is 10.8. The van der Waals surface area contributed by atoms with Crippen LogP contribution in [-0.2, 0) is 5.60 Å². The minimum atomic E-state index is -0.786. The van der Waals surface area contributed by atoms with Crippen molar-refractivity contribution in [3.05, 3.63) is 65.7 Å². The predicted molar refractivity (Wildman–Crippen MR) is 85.9 cm³/mol. The molecule has 0 spiro atoms. The third-order valence-electron chi connectivity index (χ3n) is 4.01. The summed E-state index contributed by atoms with van der Waals surface area (Å²) >= 11 is 0. The number of methoxy groups -OCH3 is 1. The van der Waals surface area contributed by atoms with Crippen molar-refractivity contribution < 1.29 is 9.84 Å². The van der Waals surface area contributed by atoms with Crippen molar-refractivity contribution in [1.29, 1.82) is 0 Å². The number of nitrogens with one attached hydrogen (secondary N) is 1. The molecule has 3 rings (SSSR count). The third kappa shape index (κ3) is 3.21. The monoisotopic (exact) mass is 305 g/mol. The molecule has 2 aromatic carbocycles. The molecule has 1 saturated heterocycles. The van der Waals surface area contributed by atoms with Gasteiger partial charge in [0.1, 0.15) is 11.4 Å². The molecule has 2 N–H and O–H groups in total. The van der Waals surface area contributed by atoms with Crippen molar-refractivity contribution in [2.75, 3.05) is 13.7 Å². The largest absolute Gasteiger partial charge is 0.497 e. The summed E-state index contributed by atoms with van der Waals surface area (Å²) in [5.74, 6) is 0.852. The van der Waals surface area contributed by atoms with Crippen molar-refractivity contribution in [2.24, 2.45) is 0 Å². The van der Waals surface area contributed by atoms with Crippen molar-refractivity contribution in [2.45, 2.75) is 18.1 Å². The van der Waals surface area contributed by atoms with E-state index in [0.717, 1.165) is 11.3 Å². The number of rotatable bonds is 3. The van der Waals surface area contributed by atoms with E-state index in [1.54, 1.807) is 7.11 Å². The minimum absolute atomic E-state index is 0. The second-order valence-corrected chi connectivity index (χ2v) is 5.31. The highest BCUT2D eigenvalue weighted by molar-refractivity contribution is 5.85. The molecule has 0 bridgehead atoms. The highest BCUT2D eigenvalue weighted by Gasteiger charge is 2.38. The Morgan fingerprint density at radius 2 is 1.76 bits per heavy atom. The molecule has 4 heteroatoms. The van der Waals surface area contributed by atoms with Gasteiger partial charge < -0.3 is 15.2 Å². The molecule has 3 nitrogen and oxygen atoms in total. The van der Waals surface area contributed by atoms with E-state index in [2.05, 4.69) is 5.32 Å². The van der Waals surface area contributed by atoms with Crippen LogP contribution < -0.4 is 10.1 Å². The Labute approximate surface area is 131 Å². The maximum atomic E-state index is 10.8. The molecule has 1 heterocycles. The zero-order valence-corrected chi connectivity index (χ0v) is 12.8. The average Bonchev–Trinajstić information content (AvgIpc) is 2.92. The molecule has 1 aliphatic rings. The first-order valence-corrected chi connectivity index (χ1v) is 6.86. The molecule has 1 fully saturated rings. The van der Waals surface area contributed by atoms with E-state index in [4.69, 9.17) is 4.74 Å². The summed E-state index contributed by atoms with van der Waals surface area (Å²) in [6.45, 7) is 0.577. The minimum Gasteiger partial charge on any atom is -0.497 e. The number of β-amino-alcohol motifs (C(OH)–C–C–N with tert-alkyl or cyclic N) is 1. The molecule has 0 radical (unpaired) electrons. The number of aliphatic hydroxyl groups is 1. The van der Waals surface area contributed by atoms with Crippen LogP contribution in [0.5, 0.6) is 5.75 Å². The van der Waals surface area contributed by atoms with Crippen LogP contribution in [0.25, 0.3) is 0 Å². The zero-order valence-electron chi connectivity index (χ0n) is 12.0. The summed E-state index contributed by atoms with van der Waals surface area (Å²) in [5.41, 5.74) is 1.37. The molecule has 2 aromatic rings. The molecule has 0 amide bonds. The second-order valence-electron chi connectivity index (χ2n) is 5.31. The van der Waals surface area contributed by atoms with Gasteiger partial charge in [0.25, 0.3) is 0 Å². The van der Waals surface area contributed by atoms with E-state index in [1.165, 1.54) is 5.56 Å². The number of halogens is 1. The van der Waals surface area contributed by atoms with Gasteiger partial charge in [0.2, 0.25) is 0 Å². The zero-order chi connectivity index (χ0) is 14.0. The standard InChI is InChI=1S/C17H19NO2.ClH/c1-20-15-9-7-13(8-10-15)16-11-17(19,12-18-16)14-5-3-2-4-6-14;/h2-10,16,18-19H,11-12H2,1H3;1H. The lowest BCUT2D eigenvalue weighted by Crippen LogP contribution is -2.28. The van der Waals surface area contributed by atoms with Crippen LogP contribution in [0.15, 0.2) is 54.6 Å². The van der Waals surface area contributed by atoms with Gasteiger partial charge in [0, 0.05) is 19.0 Å². The van der Waals surface area contributed by atoms with E-state index < -0.39 is 5.60 Å². The lowest BCUT2D eigenvalue weighted by Gasteiger charge is -2.22. The lowest BCUT2D eigenvalue weighted by atomic mass is 9.89. The smallest absolute Gasteiger partial charge is 0.118 e. The molecule has 2 atom stereocenters. The van der Waals surface area contributed by atoms with Gasteiger partial charge in [0.05, 0.1) is 7.11 Å². The summed E-state index contributed by atoms with van der Waals surface area (Å²) in [7, 11) is 1.66. The summed E-state index contributed by atoms with van der Waals surface area (Å²) in [4.78, 5) is 0. The number of benzene rings is 2. The van der Waals surface area contributed by atoms with E-state index in [-0.39, 0.29) is 18.4 Å². The third-order valence-corrected chi connectivity index (χ3v) is 4.01. The van der Waals surface area contributed by atoms with Gasteiger partial charge in [-0.05, 0) is 23.3 Å². The van der Waals surface area contributed by atoms with E-state index in [1.807, 2.05) is 54.6 Å². The summed E-state index contributed by atoms with van der Waals surface area (Å²) < 4.78 is 5.17. The summed E-state index contributed by atoms with van der Waals surface area (Å²) in [5, 5.41) is 14.2. The van der Waals surface area contributed by atoms with E-state index in [0.29, 0.717) is 13.0 Å². The fourth-order valence-corrected chi connectivity index (χ4v) is 2.81. The summed E-state index contributed by atoms with van der Waals surface area (Å²) in [6, 6.07) is 18.0. The molecule has 0 aromatic heterocycles. The molecule has 112 valence electrons. The Morgan fingerprint density at radius 1 is 1.10 bits per heavy atom. The second kappa shape index (κ2) is 6.48. The van der Waals surface area contributed by atoms with Gasteiger partial charge in [-0.25, -0.2) is 0 Å². The van der Waals surface area contributed by atoms with Gasteiger partial charge in [-0.1, -0.05) is 42.5 Å². The maximum Gasteiger partial charge on any atom is 0.118 e. The van der Waals surface area contributed by atoms with Crippen LogP contribution >= 0.6 is 12.4 Å². The van der Waals surface area contributed by atoms with Crippen molar-refractivity contribution in [1.82, 2.24) is 5.32 Å². The van der Waals surface area contributed by atoms with Crippen LogP contribution in [0.1, 0.15) is 23.6 Å². The quantitative estimate of drug-likeness (QED) is 0.916. The Morgan fingerprint density at radius 3 is 2.38 bits per heavy atom. The molecule has 2 unspecified atom stereocenters. The van der Waals surface area contributed by atoms with Crippen LogP contribution in [0, 0.1) is 0 Å². The molecule has 0 saturated carbocycles. The predicted octanol–water partition coefficient (Wildman–Crippen LogP) is 3.04. The Hall–Kier alpha value is -1.55. The van der Waals surface area contributed by atoms with Gasteiger partial charge in [0.15, 0.2) is 0 Å². The van der Waals surface area contributed by atoms with Crippen LogP contribution in [0.2, 0.25) is 0 Å². The Bertz CT molecular complexity index is 573.